The fraction of sp³-hybridized carbons (Fsp3) is 0.300. The zero-order chi connectivity index (χ0) is 12.3. The Balaban J connectivity index is 3.30. The molecule has 0 aromatic heterocycles. The molecule has 0 saturated heterocycles. The van der Waals surface area contributed by atoms with Crippen molar-refractivity contribution in [3.05, 3.63) is 38.9 Å². The minimum atomic E-state index is -1.08. The molecule has 0 radical (unpaired) electrons. The van der Waals surface area contributed by atoms with Crippen LogP contribution in [0.1, 0.15) is 16.7 Å². The molecule has 1 rings (SSSR count). The van der Waals surface area contributed by atoms with Crippen LogP contribution >= 0.6 is 15.9 Å². The number of halogens is 1. The molecule has 0 aliphatic carbocycles. The molecular weight excluding hydrogens is 278 g/mol. The highest BCUT2D eigenvalue weighted by atomic mass is 79.9. The van der Waals surface area contributed by atoms with Gasteiger partial charge in [0.25, 0.3) is 5.69 Å². The highest BCUT2D eigenvalue weighted by Crippen LogP contribution is 2.25. The molecule has 6 heteroatoms. The summed E-state index contributed by atoms with van der Waals surface area (Å²) in [6.07, 6.45) is -0.337. The number of aryl methyl sites for hydroxylation is 1. The van der Waals surface area contributed by atoms with Crippen LogP contribution < -0.4 is 0 Å². The molecule has 0 heterocycles. The van der Waals surface area contributed by atoms with Crippen LogP contribution in [0.2, 0.25) is 0 Å². The van der Waals surface area contributed by atoms with Crippen LogP contribution in [-0.4, -0.2) is 16.0 Å². The molecule has 0 unspecified atom stereocenters. The summed E-state index contributed by atoms with van der Waals surface area (Å²) < 4.78 is 0. The van der Waals surface area contributed by atoms with E-state index in [0.29, 0.717) is 5.33 Å². The third-order valence-electron chi connectivity index (χ3n) is 2.22. The first-order chi connectivity index (χ1) is 7.45. The van der Waals surface area contributed by atoms with Crippen LogP contribution in [0.25, 0.3) is 0 Å². The molecule has 0 saturated carbocycles. The van der Waals surface area contributed by atoms with Crippen molar-refractivity contribution in [3.63, 3.8) is 0 Å². The summed E-state index contributed by atoms with van der Waals surface area (Å²) in [5, 5.41) is 20.0. The third-order valence-corrected chi connectivity index (χ3v) is 2.82. The molecular formula is C10H10BrNO4. The van der Waals surface area contributed by atoms with Crippen LogP contribution in [-0.2, 0) is 16.5 Å². The van der Waals surface area contributed by atoms with Gasteiger partial charge in [0.05, 0.1) is 11.3 Å². The quantitative estimate of drug-likeness (QED) is 0.524. The van der Waals surface area contributed by atoms with Crippen molar-refractivity contribution in [2.45, 2.75) is 18.7 Å². The van der Waals surface area contributed by atoms with E-state index in [9.17, 15) is 14.9 Å². The van der Waals surface area contributed by atoms with Crippen LogP contribution in [0.15, 0.2) is 12.1 Å². The van der Waals surface area contributed by atoms with E-state index < -0.39 is 10.9 Å². The average Bonchev–Trinajstić information content (AvgIpc) is 2.19. The van der Waals surface area contributed by atoms with Crippen molar-refractivity contribution in [1.82, 2.24) is 0 Å². The molecule has 1 aromatic rings. The molecule has 0 atom stereocenters. The zero-order valence-electron chi connectivity index (χ0n) is 8.57. The van der Waals surface area contributed by atoms with Gasteiger partial charge < -0.3 is 5.11 Å². The van der Waals surface area contributed by atoms with Gasteiger partial charge in [-0.1, -0.05) is 15.9 Å². The maximum atomic E-state index is 10.8. The number of nitrogens with zero attached hydrogens (tertiary/aromatic N) is 1. The van der Waals surface area contributed by atoms with E-state index >= 15 is 0 Å². The second-order valence-electron chi connectivity index (χ2n) is 3.37. The first-order valence-electron chi connectivity index (χ1n) is 4.50. The molecule has 0 amide bonds. The number of hydrogen-bond donors (Lipinski definition) is 1. The van der Waals surface area contributed by atoms with E-state index in [1.807, 2.05) is 0 Å². The van der Waals surface area contributed by atoms with Crippen LogP contribution in [0.5, 0.6) is 0 Å². The van der Waals surface area contributed by atoms with Crippen molar-refractivity contribution >= 4 is 27.6 Å². The van der Waals surface area contributed by atoms with Crippen LogP contribution in [0, 0.1) is 17.0 Å². The Bertz CT molecular complexity index is 445. The average molecular weight is 288 g/mol. The standard InChI is InChI=1S/C10H10BrNO4/c1-6-2-9(12(15)16)7(4-10(13)14)3-8(6)5-11/h2-3H,4-5H2,1H3,(H,13,14). The summed E-state index contributed by atoms with van der Waals surface area (Å²) in [6.45, 7) is 1.76. The van der Waals surface area contributed by atoms with Crippen molar-refractivity contribution in [2.24, 2.45) is 0 Å². The van der Waals surface area contributed by atoms with Crippen LogP contribution in [0.3, 0.4) is 0 Å². The lowest BCUT2D eigenvalue weighted by atomic mass is 10.0. The first-order valence-corrected chi connectivity index (χ1v) is 5.62. The van der Waals surface area contributed by atoms with Gasteiger partial charge >= 0.3 is 5.97 Å². The molecule has 0 spiro atoms. The summed E-state index contributed by atoms with van der Waals surface area (Å²) in [5.41, 5.74) is 1.74. The summed E-state index contributed by atoms with van der Waals surface area (Å²) in [4.78, 5) is 20.8. The van der Waals surface area contributed by atoms with E-state index in [0.717, 1.165) is 11.1 Å². The lowest BCUT2D eigenvalue weighted by Crippen LogP contribution is -2.05. The second-order valence-corrected chi connectivity index (χ2v) is 3.93. The lowest BCUT2D eigenvalue weighted by molar-refractivity contribution is -0.385. The monoisotopic (exact) mass is 287 g/mol. The number of alkyl halides is 1. The van der Waals surface area contributed by atoms with E-state index in [-0.39, 0.29) is 17.7 Å². The molecule has 5 nitrogen and oxygen atoms in total. The van der Waals surface area contributed by atoms with Gasteiger partial charge in [0.15, 0.2) is 0 Å². The van der Waals surface area contributed by atoms with Crippen molar-refractivity contribution < 1.29 is 14.8 Å². The fourth-order valence-corrected chi connectivity index (χ4v) is 2.01. The summed E-state index contributed by atoms with van der Waals surface area (Å²) in [7, 11) is 0. The first kappa shape index (κ1) is 12.6. The van der Waals surface area contributed by atoms with Crippen LogP contribution in [0.4, 0.5) is 5.69 Å². The normalized spacial score (nSPS) is 10.1. The largest absolute Gasteiger partial charge is 0.481 e. The maximum absolute atomic E-state index is 10.8. The van der Waals surface area contributed by atoms with Gasteiger partial charge in [-0.25, -0.2) is 0 Å². The predicted molar refractivity (Wildman–Crippen MR) is 61.8 cm³/mol. The number of nitro benzene ring substituents is 1. The van der Waals surface area contributed by atoms with Gasteiger partial charge in [0.2, 0.25) is 0 Å². The number of carboxylic acids is 1. The number of benzene rings is 1. The van der Waals surface area contributed by atoms with Gasteiger partial charge in [-0.2, -0.15) is 0 Å². The van der Waals surface area contributed by atoms with Gasteiger partial charge in [0.1, 0.15) is 0 Å². The third kappa shape index (κ3) is 2.79. The SMILES string of the molecule is Cc1cc([N+](=O)[O-])c(CC(=O)O)cc1CBr. The molecule has 16 heavy (non-hydrogen) atoms. The number of carboxylic acid groups (broad SMARTS) is 1. The summed E-state index contributed by atoms with van der Waals surface area (Å²) >= 11 is 3.25. The van der Waals surface area contributed by atoms with Crippen molar-refractivity contribution in [2.75, 3.05) is 0 Å². The minimum Gasteiger partial charge on any atom is -0.481 e. The van der Waals surface area contributed by atoms with E-state index in [2.05, 4.69) is 15.9 Å². The minimum absolute atomic E-state index is 0.135. The van der Waals surface area contributed by atoms with E-state index in [4.69, 9.17) is 5.11 Å². The molecule has 0 fully saturated rings. The molecule has 1 aromatic carbocycles. The number of rotatable bonds is 4. The smallest absolute Gasteiger partial charge is 0.308 e. The van der Waals surface area contributed by atoms with Gasteiger partial charge in [-0.05, 0) is 24.1 Å². The topological polar surface area (TPSA) is 80.4 Å². The highest BCUT2D eigenvalue weighted by molar-refractivity contribution is 9.08. The molecule has 0 aliphatic rings. The Labute approximate surface area is 100 Å². The molecule has 0 aliphatic heterocycles. The summed E-state index contributed by atoms with van der Waals surface area (Å²) in [6, 6.07) is 2.98. The Hall–Kier alpha value is -1.43. The molecule has 86 valence electrons. The predicted octanol–water partition coefficient (Wildman–Crippen LogP) is 2.43. The Morgan fingerprint density at radius 3 is 2.56 bits per heavy atom. The number of carbonyl (C=O) groups is 1. The molecule has 0 bridgehead atoms. The van der Waals surface area contributed by atoms with Gasteiger partial charge in [-0.3, -0.25) is 14.9 Å². The van der Waals surface area contributed by atoms with Crippen molar-refractivity contribution in [1.29, 1.82) is 0 Å². The second kappa shape index (κ2) is 5.07. The van der Waals surface area contributed by atoms with E-state index in [1.54, 1.807) is 13.0 Å². The fourth-order valence-electron chi connectivity index (χ4n) is 1.41. The maximum Gasteiger partial charge on any atom is 0.308 e. The van der Waals surface area contributed by atoms with E-state index in [1.165, 1.54) is 6.07 Å². The Morgan fingerprint density at radius 2 is 2.12 bits per heavy atom. The highest BCUT2D eigenvalue weighted by Gasteiger charge is 2.18. The Kier molecular flexibility index (Phi) is 4.00. The summed E-state index contributed by atoms with van der Waals surface area (Å²) in [5.74, 6) is -1.08. The Morgan fingerprint density at radius 1 is 1.50 bits per heavy atom. The van der Waals surface area contributed by atoms with Gasteiger partial charge in [0, 0.05) is 17.0 Å². The number of nitro groups is 1. The zero-order valence-corrected chi connectivity index (χ0v) is 10.2. The van der Waals surface area contributed by atoms with Gasteiger partial charge in [-0.15, -0.1) is 0 Å². The number of aliphatic carboxylic acids is 1. The lowest BCUT2D eigenvalue weighted by Gasteiger charge is -2.06. The number of hydrogen-bond acceptors (Lipinski definition) is 3. The van der Waals surface area contributed by atoms with Crippen molar-refractivity contribution in [3.8, 4) is 0 Å². The molecule has 1 N–H and O–H groups in total.